The van der Waals surface area contributed by atoms with Crippen LogP contribution in [-0.2, 0) is 0 Å². The molecule has 1 aromatic carbocycles. The highest BCUT2D eigenvalue weighted by Crippen LogP contribution is 2.32. The zero-order chi connectivity index (χ0) is 14.9. The van der Waals surface area contributed by atoms with Gasteiger partial charge in [0.25, 0.3) is 5.91 Å². The van der Waals surface area contributed by atoms with Gasteiger partial charge in [-0.2, -0.15) is 0 Å². The van der Waals surface area contributed by atoms with Crippen molar-refractivity contribution in [3.63, 3.8) is 0 Å². The lowest BCUT2D eigenvalue weighted by Gasteiger charge is -2.09. The number of halogens is 2. The van der Waals surface area contributed by atoms with Gasteiger partial charge >= 0.3 is 5.97 Å². The van der Waals surface area contributed by atoms with E-state index < -0.39 is 11.9 Å². The van der Waals surface area contributed by atoms with Crippen LogP contribution in [-0.4, -0.2) is 17.0 Å². The van der Waals surface area contributed by atoms with Crippen LogP contribution < -0.4 is 5.32 Å². The normalized spacial score (nSPS) is 10.3. The molecule has 2 N–H and O–H groups in total. The second kappa shape index (κ2) is 5.56. The summed E-state index contributed by atoms with van der Waals surface area (Å²) >= 11 is 11.8. The SMILES string of the molecule is Cc1ccc(C(=O)Nc2c(Cl)cc(C(=O)O)cc2Cl)o1. The first-order valence-corrected chi connectivity index (χ1v) is 6.24. The number of carboxylic acid groups (broad SMARTS) is 1. The van der Waals surface area contributed by atoms with Gasteiger partial charge in [0.1, 0.15) is 5.76 Å². The van der Waals surface area contributed by atoms with E-state index in [1.165, 1.54) is 18.2 Å². The maximum atomic E-state index is 11.9. The lowest BCUT2D eigenvalue weighted by Crippen LogP contribution is -2.12. The number of carbonyl (C=O) groups is 2. The summed E-state index contributed by atoms with van der Waals surface area (Å²) in [4.78, 5) is 22.8. The summed E-state index contributed by atoms with van der Waals surface area (Å²) in [5.41, 5.74) is 0.0734. The van der Waals surface area contributed by atoms with Crippen LogP contribution in [0.2, 0.25) is 10.0 Å². The monoisotopic (exact) mass is 313 g/mol. The zero-order valence-electron chi connectivity index (χ0n) is 10.2. The minimum absolute atomic E-state index is 0.0338. The van der Waals surface area contributed by atoms with Gasteiger partial charge in [0, 0.05) is 0 Å². The second-order valence-electron chi connectivity index (χ2n) is 3.98. The van der Waals surface area contributed by atoms with Gasteiger partial charge in [0.15, 0.2) is 5.76 Å². The molecule has 2 aromatic rings. The number of aromatic carboxylic acids is 1. The lowest BCUT2D eigenvalue weighted by atomic mass is 10.2. The third kappa shape index (κ3) is 2.95. The zero-order valence-corrected chi connectivity index (χ0v) is 11.7. The number of hydrogen-bond donors (Lipinski definition) is 2. The molecule has 0 unspecified atom stereocenters. The molecule has 0 aliphatic carbocycles. The summed E-state index contributed by atoms with van der Waals surface area (Å²) in [6.07, 6.45) is 0. The first kappa shape index (κ1) is 14.4. The van der Waals surface area contributed by atoms with E-state index in [0.717, 1.165) is 0 Å². The van der Waals surface area contributed by atoms with Crippen LogP contribution in [0.3, 0.4) is 0 Å². The molecule has 0 bridgehead atoms. The van der Waals surface area contributed by atoms with Crippen molar-refractivity contribution in [3.05, 3.63) is 51.4 Å². The molecule has 104 valence electrons. The van der Waals surface area contributed by atoms with Gasteiger partial charge in [-0.3, -0.25) is 4.79 Å². The molecule has 7 heteroatoms. The van der Waals surface area contributed by atoms with Gasteiger partial charge in [-0.1, -0.05) is 23.2 Å². The van der Waals surface area contributed by atoms with E-state index in [-0.39, 0.29) is 27.1 Å². The van der Waals surface area contributed by atoms with E-state index in [2.05, 4.69) is 5.32 Å². The van der Waals surface area contributed by atoms with Gasteiger partial charge in [-0.15, -0.1) is 0 Å². The molecule has 1 amide bonds. The van der Waals surface area contributed by atoms with Crippen molar-refractivity contribution in [1.82, 2.24) is 0 Å². The third-order valence-electron chi connectivity index (χ3n) is 2.49. The van der Waals surface area contributed by atoms with E-state index in [4.69, 9.17) is 32.7 Å². The van der Waals surface area contributed by atoms with Crippen molar-refractivity contribution >= 4 is 40.8 Å². The highest BCUT2D eigenvalue weighted by molar-refractivity contribution is 6.40. The number of anilines is 1. The first-order chi connectivity index (χ1) is 9.38. The van der Waals surface area contributed by atoms with Crippen LogP contribution in [0.25, 0.3) is 0 Å². The topological polar surface area (TPSA) is 79.5 Å². The van der Waals surface area contributed by atoms with Gasteiger partial charge in [-0.05, 0) is 31.2 Å². The minimum Gasteiger partial charge on any atom is -0.478 e. The van der Waals surface area contributed by atoms with Crippen molar-refractivity contribution in [2.24, 2.45) is 0 Å². The molecular weight excluding hydrogens is 305 g/mol. The Balaban J connectivity index is 2.30. The number of benzene rings is 1. The Kier molecular flexibility index (Phi) is 4.01. The minimum atomic E-state index is -1.16. The fraction of sp³-hybridized carbons (Fsp3) is 0.0769. The molecule has 0 saturated heterocycles. The molecule has 1 aromatic heterocycles. The fourth-order valence-corrected chi connectivity index (χ4v) is 2.13. The van der Waals surface area contributed by atoms with Crippen molar-refractivity contribution in [3.8, 4) is 0 Å². The van der Waals surface area contributed by atoms with E-state index in [1.807, 2.05) is 0 Å². The largest absolute Gasteiger partial charge is 0.478 e. The number of furan rings is 1. The summed E-state index contributed by atoms with van der Waals surface area (Å²) in [7, 11) is 0. The molecular formula is C13H9Cl2NO4. The van der Waals surface area contributed by atoms with E-state index in [0.29, 0.717) is 5.76 Å². The summed E-state index contributed by atoms with van der Waals surface area (Å²) in [5.74, 6) is -0.983. The lowest BCUT2D eigenvalue weighted by molar-refractivity contribution is 0.0696. The van der Waals surface area contributed by atoms with Crippen molar-refractivity contribution in [2.75, 3.05) is 5.32 Å². The Morgan fingerprint density at radius 1 is 1.20 bits per heavy atom. The van der Waals surface area contributed by atoms with Crippen LogP contribution in [0.1, 0.15) is 26.7 Å². The second-order valence-corrected chi connectivity index (χ2v) is 4.80. The molecule has 0 atom stereocenters. The molecule has 0 spiro atoms. The van der Waals surface area contributed by atoms with Crippen molar-refractivity contribution in [2.45, 2.75) is 6.92 Å². The number of carbonyl (C=O) groups excluding carboxylic acids is 1. The molecule has 0 radical (unpaired) electrons. The molecule has 5 nitrogen and oxygen atoms in total. The van der Waals surface area contributed by atoms with E-state index in [9.17, 15) is 9.59 Å². The predicted octanol–water partition coefficient (Wildman–Crippen LogP) is 3.85. The Bertz CT molecular complexity index is 670. The number of amides is 1. The Morgan fingerprint density at radius 2 is 1.80 bits per heavy atom. The number of nitrogens with one attached hydrogen (secondary N) is 1. The van der Waals surface area contributed by atoms with Crippen LogP contribution in [0.4, 0.5) is 5.69 Å². The van der Waals surface area contributed by atoms with Crippen LogP contribution >= 0.6 is 23.2 Å². The molecule has 0 aliphatic rings. The van der Waals surface area contributed by atoms with Gasteiger partial charge < -0.3 is 14.8 Å². The molecule has 2 rings (SSSR count). The van der Waals surface area contributed by atoms with Crippen molar-refractivity contribution < 1.29 is 19.1 Å². The highest BCUT2D eigenvalue weighted by Gasteiger charge is 2.17. The summed E-state index contributed by atoms with van der Waals surface area (Å²) in [5, 5.41) is 11.4. The quantitative estimate of drug-likeness (QED) is 0.902. The number of rotatable bonds is 3. The Morgan fingerprint density at radius 3 is 2.25 bits per heavy atom. The third-order valence-corrected chi connectivity index (χ3v) is 3.09. The number of carboxylic acids is 1. The Hall–Kier alpha value is -1.98. The Labute approximate surface area is 124 Å². The maximum absolute atomic E-state index is 11.9. The summed E-state index contributed by atoms with van der Waals surface area (Å²) in [6.45, 7) is 1.71. The fourth-order valence-electron chi connectivity index (χ4n) is 1.55. The summed E-state index contributed by atoms with van der Waals surface area (Å²) < 4.78 is 5.17. The molecule has 1 heterocycles. The smallest absolute Gasteiger partial charge is 0.335 e. The highest BCUT2D eigenvalue weighted by atomic mass is 35.5. The van der Waals surface area contributed by atoms with Crippen LogP contribution in [0, 0.1) is 6.92 Å². The van der Waals surface area contributed by atoms with Crippen LogP contribution in [0.15, 0.2) is 28.7 Å². The van der Waals surface area contributed by atoms with Gasteiger partial charge in [0.2, 0.25) is 0 Å². The average Bonchev–Trinajstić information content (AvgIpc) is 2.80. The average molecular weight is 314 g/mol. The van der Waals surface area contributed by atoms with Gasteiger partial charge in [-0.25, -0.2) is 4.79 Å². The first-order valence-electron chi connectivity index (χ1n) is 5.48. The van der Waals surface area contributed by atoms with E-state index in [1.54, 1.807) is 13.0 Å². The summed E-state index contributed by atoms with van der Waals surface area (Å²) in [6, 6.07) is 5.57. The molecule has 20 heavy (non-hydrogen) atoms. The predicted molar refractivity (Wildman–Crippen MR) is 74.8 cm³/mol. The standard InChI is InChI=1S/C13H9Cl2NO4/c1-6-2-3-10(20-6)12(17)16-11-8(14)4-7(13(18)19)5-9(11)15/h2-5H,1H3,(H,16,17)(H,18,19). The van der Waals surface area contributed by atoms with Gasteiger partial charge in [0.05, 0.1) is 21.3 Å². The van der Waals surface area contributed by atoms with Crippen molar-refractivity contribution in [1.29, 1.82) is 0 Å². The number of hydrogen-bond acceptors (Lipinski definition) is 3. The molecule has 0 fully saturated rings. The van der Waals surface area contributed by atoms with Crippen LogP contribution in [0.5, 0.6) is 0 Å². The number of aryl methyl sites for hydroxylation is 1. The van der Waals surface area contributed by atoms with E-state index >= 15 is 0 Å². The molecule has 0 aliphatic heterocycles. The maximum Gasteiger partial charge on any atom is 0.335 e. The molecule has 0 saturated carbocycles.